The summed E-state index contributed by atoms with van der Waals surface area (Å²) in [7, 11) is -3.69. The van der Waals surface area contributed by atoms with Crippen LogP contribution in [0.25, 0.3) is 33.3 Å². The fraction of sp³-hybridized carbons (Fsp3) is 0.206. The van der Waals surface area contributed by atoms with E-state index in [4.69, 9.17) is 4.74 Å². The van der Waals surface area contributed by atoms with Gasteiger partial charge in [0.05, 0.1) is 16.1 Å². The van der Waals surface area contributed by atoms with E-state index in [1.165, 1.54) is 0 Å². The van der Waals surface area contributed by atoms with Crippen molar-refractivity contribution in [3.8, 4) is 22.4 Å². The normalized spacial score (nSPS) is 15.1. The number of carbonyl (C=O) groups excluding carboxylic acids is 1. The predicted molar refractivity (Wildman–Crippen MR) is 162 cm³/mol. The number of aromatic nitrogens is 1. The van der Waals surface area contributed by atoms with E-state index in [9.17, 15) is 13.2 Å². The topological polar surface area (TPSA) is 77.4 Å². The lowest BCUT2D eigenvalue weighted by molar-refractivity contribution is 0.0547. The highest BCUT2D eigenvalue weighted by Crippen LogP contribution is 2.33. The van der Waals surface area contributed by atoms with E-state index >= 15 is 0 Å². The van der Waals surface area contributed by atoms with Crippen LogP contribution in [0.15, 0.2) is 108 Å². The molecule has 7 heteroatoms. The van der Waals surface area contributed by atoms with Gasteiger partial charge in [-0.15, -0.1) is 0 Å². The lowest BCUT2D eigenvalue weighted by Crippen LogP contribution is -2.35. The number of ether oxygens (including phenoxy) is 1. The minimum atomic E-state index is -3.69. The first kappa shape index (κ1) is 27.0. The fourth-order valence-corrected chi connectivity index (χ4v) is 6.71. The number of nitrogens with zero attached hydrogens (tertiary/aromatic N) is 1. The maximum Gasteiger partial charge on any atom is 0.419 e. The van der Waals surface area contributed by atoms with E-state index in [0.29, 0.717) is 12.8 Å². The molecule has 0 saturated carbocycles. The number of benzene rings is 4. The third-order valence-corrected chi connectivity index (χ3v) is 8.85. The molecule has 0 aliphatic heterocycles. The third-order valence-electron chi connectivity index (χ3n) is 7.32. The van der Waals surface area contributed by atoms with Gasteiger partial charge >= 0.3 is 6.09 Å². The standard InChI is InChI=1S/C34H32N2O4S/c1-34(2,3)40-33(37)36-31-12-8-7-11-26(31)22-32(36)27-14-13-25-20-29(21-28(25)19-27)35-41(38,39)30-17-15-24(16-18-30)23-9-5-4-6-10-23/h4-19,22,29,35H,20-21H2,1-3H3. The first-order valence-corrected chi connectivity index (χ1v) is 15.2. The summed E-state index contributed by atoms with van der Waals surface area (Å²) in [5, 5.41) is 0.942. The van der Waals surface area contributed by atoms with Crippen molar-refractivity contribution in [2.75, 3.05) is 0 Å². The number of carbonyl (C=O) groups is 1. The molecule has 0 radical (unpaired) electrons. The fourth-order valence-electron chi connectivity index (χ4n) is 5.48. The van der Waals surface area contributed by atoms with Gasteiger partial charge in [-0.25, -0.2) is 22.5 Å². The van der Waals surface area contributed by atoms with Crippen molar-refractivity contribution in [3.05, 3.63) is 114 Å². The second-order valence-electron chi connectivity index (χ2n) is 11.5. The average molecular weight is 565 g/mol. The number of sulfonamides is 1. The molecule has 4 aromatic carbocycles. The molecule has 0 bridgehead atoms. The zero-order chi connectivity index (χ0) is 28.8. The van der Waals surface area contributed by atoms with Gasteiger partial charge in [0, 0.05) is 11.4 Å². The van der Waals surface area contributed by atoms with Gasteiger partial charge in [-0.2, -0.15) is 0 Å². The Hall–Kier alpha value is -4.20. The maximum absolute atomic E-state index is 13.3. The Morgan fingerprint density at radius 2 is 1.41 bits per heavy atom. The van der Waals surface area contributed by atoms with Crippen LogP contribution >= 0.6 is 0 Å². The summed E-state index contributed by atoms with van der Waals surface area (Å²) in [6, 6.07) is 32.4. The monoisotopic (exact) mass is 564 g/mol. The molecule has 1 heterocycles. The van der Waals surface area contributed by atoms with Gasteiger partial charge in [0.1, 0.15) is 5.60 Å². The maximum atomic E-state index is 13.3. The lowest BCUT2D eigenvalue weighted by atomic mass is 10.0. The highest BCUT2D eigenvalue weighted by molar-refractivity contribution is 7.89. The van der Waals surface area contributed by atoms with E-state index in [0.717, 1.165) is 44.4 Å². The van der Waals surface area contributed by atoms with Crippen LogP contribution in [0.2, 0.25) is 0 Å². The molecular formula is C34H32N2O4S. The molecular weight excluding hydrogens is 532 g/mol. The van der Waals surface area contributed by atoms with Gasteiger partial charge in [0.2, 0.25) is 10.0 Å². The van der Waals surface area contributed by atoms with Crippen LogP contribution in [0.4, 0.5) is 4.79 Å². The highest BCUT2D eigenvalue weighted by Gasteiger charge is 2.28. The van der Waals surface area contributed by atoms with Crippen LogP contribution in [0.5, 0.6) is 0 Å². The zero-order valence-electron chi connectivity index (χ0n) is 23.3. The van der Waals surface area contributed by atoms with Gasteiger partial charge in [0.15, 0.2) is 0 Å². The first-order chi connectivity index (χ1) is 19.6. The van der Waals surface area contributed by atoms with E-state index in [-0.39, 0.29) is 10.9 Å². The van der Waals surface area contributed by atoms with Crippen LogP contribution in [0.1, 0.15) is 31.9 Å². The minimum absolute atomic E-state index is 0.246. The molecule has 0 saturated heterocycles. The van der Waals surface area contributed by atoms with Crippen LogP contribution in [0.3, 0.4) is 0 Å². The van der Waals surface area contributed by atoms with Crippen molar-refractivity contribution < 1.29 is 17.9 Å². The van der Waals surface area contributed by atoms with Crippen molar-refractivity contribution in [1.82, 2.24) is 9.29 Å². The Morgan fingerprint density at radius 1 is 0.780 bits per heavy atom. The molecule has 6 nitrogen and oxygen atoms in total. The van der Waals surface area contributed by atoms with Gasteiger partial charge in [-0.3, -0.25) is 0 Å². The number of hydrogen-bond donors (Lipinski definition) is 1. The molecule has 6 rings (SSSR count). The van der Waals surface area contributed by atoms with Gasteiger partial charge in [-0.1, -0.05) is 72.8 Å². The number of nitrogens with one attached hydrogen (secondary N) is 1. The molecule has 1 unspecified atom stereocenters. The molecule has 1 aromatic heterocycles. The zero-order valence-corrected chi connectivity index (χ0v) is 24.1. The van der Waals surface area contributed by atoms with E-state index in [1.807, 2.05) is 106 Å². The summed E-state index contributed by atoms with van der Waals surface area (Å²) in [5.41, 5.74) is 5.93. The number of hydrogen-bond acceptors (Lipinski definition) is 4. The average Bonchev–Trinajstić information content (AvgIpc) is 3.53. The van der Waals surface area contributed by atoms with Crippen molar-refractivity contribution in [1.29, 1.82) is 0 Å². The van der Waals surface area contributed by atoms with E-state index < -0.39 is 21.7 Å². The largest absolute Gasteiger partial charge is 0.443 e. The molecule has 41 heavy (non-hydrogen) atoms. The Bertz CT molecular complexity index is 1850. The van der Waals surface area contributed by atoms with Gasteiger partial charge in [0.25, 0.3) is 0 Å². The van der Waals surface area contributed by atoms with E-state index in [2.05, 4.69) is 10.8 Å². The molecule has 1 aliphatic carbocycles. The molecule has 1 N–H and O–H groups in total. The molecule has 0 amide bonds. The smallest absolute Gasteiger partial charge is 0.419 e. The Kier molecular flexibility index (Phi) is 6.80. The van der Waals surface area contributed by atoms with Gasteiger partial charge in [-0.05, 0) is 91.8 Å². The first-order valence-electron chi connectivity index (χ1n) is 13.7. The number of rotatable bonds is 5. The lowest BCUT2D eigenvalue weighted by Gasteiger charge is -2.21. The molecule has 5 aromatic rings. The third kappa shape index (κ3) is 5.56. The van der Waals surface area contributed by atoms with Gasteiger partial charge < -0.3 is 4.74 Å². The van der Waals surface area contributed by atoms with Crippen LogP contribution in [-0.4, -0.2) is 30.7 Å². The second-order valence-corrected chi connectivity index (χ2v) is 13.2. The van der Waals surface area contributed by atoms with Crippen molar-refractivity contribution >= 4 is 27.0 Å². The number of para-hydroxylation sites is 1. The summed E-state index contributed by atoms with van der Waals surface area (Å²) >= 11 is 0. The molecule has 0 fully saturated rings. The van der Waals surface area contributed by atoms with Crippen LogP contribution < -0.4 is 4.72 Å². The summed E-state index contributed by atoms with van der Waals surface area (Å²) < 4.78 is 36.8. The predicted octanol–water partition coefficient (Wildman–Crippen LogP) is 7.20. The highest BCUT2D eigenvalue weighted by atomic mass is 32.2. The SMILES string of the molecule is CC(C)(C)OC(=O)n1c(-c2ccc3c(c2)CC(NS(=O)(=O)c2ccc(-c4ccccc4)cc2)C3)cc2ccccc21. The summed E-state index contributed by atoms with van der Waals surface area (Å²) in [4.78, 5) is 13.5. The molecule has 1 aliphatic rings. The molecule has 1 atom stereocenters. The van der Waals surface area contributed by atoms with Crippen LogP contribution in [-0.2, 0) is 27.6 Å². The summed E-state index contributed by atoms with van der Waals surface area (Å²) in [6.45, 7) is 5.56. The van der Waals surface area contributed by atoms with Crippen LogP contribution in [0, 0.1) is 0 Å². The van der Waals surface area contributed by atoms with Crippen molar-refractivity contribution in [2.24, 2.45) is 0 Å². The Morgan fingerprint density at radius 3 is 2.15 bits per heavy atom. The Labute approximate surface area is 240 Å². The number of fused-ring (bicyclic) bond motifs is 2. The Balaban J connectivity index is 1.24. The molecule has 208 valence electrons. The van der Waals surface area contributed by atoms with E-state index in [1.54, 1.807) is 16.7 Å². The quantitative estimate of drug-likeness (QED) is 0.245. The minimum Gasteiger partial charge on any atom is -0.443 e. The van der Waals surface area contributed by atoms with Crippen molar-refractivity contribution in [3.63, 3.8) is 0 Å². The molecule has 0 spiro atoms. The summed E-state index contributed by atoms with van der Waals surface area (Å²) in [5.74, 6) is 0. The summed E-state index contributed by atoms with van der Waals surface area (Å²) in [6.07, 6.45) is 0.738. The van der Waals surface area contributed by atoms with Crippen molar-refractivity contribution in [2.45, 2.75) is 50.2 Å². The second kappa shape index (κ2) is 10.3.